The van der Waals surface area contributed by atoms with Crippen LogP contribution in [0.4, 0.5) is 0 Å². The molecule has 0 fully saturated rings. The highest BCUT2D eigenvalue weighted by molar-refractivity contribution is 6.42. The van der Waals surface area contributed by atoms with E-state index < -0.39 is 0 Å². The van der Waals surface area contributed by atoms with E-state index in [1.807, 2.05) is 0 Å². The number of hydrogen-bond donors (Lipinski definition) is 0. The summed E-state index contributed by atoms with van der Waals surface area (Å²) in [6.07, 6.45) is 0. The molecule has 14 heavy (non-hydrogen) atoms. The Labute approximate surface area is 92.4 Å². The molecule has 0 saturated carbocycles. The lowest BCUT2D eigenvalue weighted by Crippen LogP contribution is -2.37. The summed E-state index contributed by atoms with van der Waals surface area (Å²) in [5, 5.41) is 0. The zero-order valence-electron chi connectivity index (χ0n) is 10.8. The van der Waals surface area contributed by atoms with E-state index >= 15 is 0 Å². The highest BCUT2D eigenvalue weighted by atomic mass is 28.2. The van der Waals surface area contributed by atoms with E-state index in [2.05, 4.69) is 52.1 Å². The van der Waals surface area contributed by atoms with Crippen LogP contribution in [0.5, 0.6) is 0 Å². The molecule has 0 amide bonds. The van der Waals surface area contributed by atoms with Crippen molar-refractivity contribution >= 4 is 9.52 Å². The van der Waals surface area contributed by atoms with Gasteiger partial charge in [-0.25, -0.2) is 0 Å². The molecular formula is C12H27NSi. The predicted octanol–water partition coefficient (Wildman–Crippen LogP) is 2.62. The van der Waals surface area contributed by atoms with Crippen LogP contribution in [-0.4, -0.2) is 33.0 Å². The lowest BCUT2D eigenvalue weighted by molar-refractivity contribution is 0.185. The van der Waals surface area contributed by atoms with Gasteiger partial charge in [0.05, 0.1) is 0 Å². The summed E-state index contributed by atoms with van der Waals surface area (Å²) >= 11 is 0. The van der Waals surface area contributed by atoms with Crippen LogP contribution in [0, 0.1) is 0 Å². The lowest BCUT2D eigenvalue weighted by atomic mass is 10.2. The average Bonchev–Trinajstić information content (AvgIpc) is 2.01. The first-order valence-corrected chi connectivity index (χ1v) is 7.66. The summed E-state index contributed by atoms with van der Waals surface area (Å²) in [6, 6.07) is 2.80. The summed E-state index contributed by atoms with van der Waals surface area (Å²) in [4.78, 5) is 2.59. The van der Waals surface area contributed by atoms with Gasteiger partial charge in [-0.1, -0.05) is 5.57 Å². The van der Waals surface area contributed by atoms with Gasteiger partial charge in [-0.3, -0.25) is 4.90 Å². The molecule has 0 aliphatic rings. The van der Waals surface area contributed by atoms with Gasteiger partial charge in [0, 0.05) is 21.6 Å². The Kier molecular flexibility index (Phi) is 7.20. The Morgan fingerprint density at radius 2 is 1.64 bits per heavy atom. The molecule has 0 bridgehead atoms. The van der Waals surface area contributed by atoms with Gasteiger partial charge in [-0.15, -0.1) is 5.70 Å². The molecule has 2 heteroatoms. The third-order valence-electron chi connectivity index (χ3n) is 2.50. The second-order valence-corrected chi connectivity index (χ2v) is 6.54. The molecule has 0 spiro atoms. The standard InChI is InChI=1S/C12H27NSi/c1-10(2)9-14-8-7-13(11(3)4)12(5)6/h9,11-12H,7-8,14H2,1-6H3. The fourth-order valence-electron chi connectivity index (χ4n) is 1.78. The molecule has 0 aromatic heterocycles. The zero-order chi connectivity index (χ0) is 11.1. The Balaban J connectivity index is 3.78. The topological polar surface area (TPSA) is 3.24 Å². The first-order valence-electron chi connectivity index (χ1n) is 5.84. The molecule has 0 aliphatic carbocycles. The molecule has 1 nitrogen and oxygen atoms in total. The van der Waals surface area contributed by atoms with E-state index in [4.69, 9.17) is 0 Å². The van der Waals surface area contributed by atoms with Crippen LogP contribution < -0.4 is 0 Å². The van der Waals surface area contributed by atoms with Gasteiger partial charge in [-0.2, -0.15) is 0 Å². The third kappa shape index (κ3) is 6.38. The molecule has 0 saturated heterocycles. The molecule has 0 unspecified atom stereocenters. The average molecular weight is 213 g/mol. The summed E-state index contributed by atoms with van der Waals surface area (Å²) < 4.78 is 0. The molecule has 0 heterocycles. The van der Waals surface area contributed by atoms with Crippen molar-refractivity contribution in [3.63, 3.8) is 0 Å². The van der Waals surface area contributed by atoms with E-state index in [-0.39, 0.29) is 9.52 Å². The van der Waals surface area contributed by atoms with Crippen LogP contribution in [0.25, 0.3) is 0 Å². The largest absolute Gasteiger partial charge is 0.299 e. The van der Waals surface area contributed by atoms with Crippen molar-refractivity contribution in [3.05, 3.63) is 11.3 Å². The van der Waals surface area contributed by atoms with Crippen LogP contribution in [0.2, 0.25) is 6.04 Å². The second kappa shape index (κ2) is 7.24. The van der Waals surface area contributed by atoms with Crippen LogP contribution in [0.3, 0.4) is 0 Å². The maximum Gasteiger partial charge on any atom is 0.0465 e. The van der Waals surface area contributed by atoms with Crippen molar-refractivity contribution in [1.82, 2.24) is 4.90 Å². The molecule has 0 aromatic rings. The fraction of sp³-hybridized carbons (Fsp3) is 0.833. The van der Waals surface area contributed by atoms with Gasteiger partial charge in [-0.05, 0) is 54.1 Å². The first-order chi connectivity index (χ1) is 6.45. The van der Waals surface area contributed by atoms with Crippen molar-refractivity contribution < 1.29 is 0 Å². The Bertz CT molecular complexity index is 161. The van der Waals surface area contributed by atoms with Crippen molar-refractivity contribution in [3.8, 4) is 0 Å². The third-order valence-corrected chi connectivity index (χ3v) is 4.33. The highest BCUT2D eigenvalue weighted by Crippen LogP contribution is 2.05. The van der Waals surface area contributed by atoms with Crippen molar-refractivity contribution in [1.29, 1.82) is 0 Å². The summed E-state index contributed by atoms with van der Waals surface area (Å²) in [5.74, 6) is 0. The first kappa shape index (κ1) is 13.9. The Morgan fingerprint density at radius 1 is 1.14 bits per heavy atom. The Hall–Kier alpha value is -0.0831. The SMILES string of the molecule is CC(C)=C[SiH2]CCN(C(C)C)C(C)C. The van der Waals surface area contributed by atoms with E-state index in [0.717, 1.165) is 0 Å². The van der Waals surface area contributed by atoms with Crippen LogP contribution >= 0.6 is 0 Å². The number of hydrogen-bond acceptors (Lipinski definition) is 1. The highest BCUT2D eigenvalue weighted by Gasteiger charge is 2.11. The Morgan fingerprint density at radius 3 is 2.00 bits per heavy atom. The predicted molar refractivity (Wildman–Crippen MR) is 69.8 cm³/mol. The minimum atomic E-state index is 0.0534. The van der Waals surface area contributed by atoms with E-state index in [0.29, 0.717) is 12.1 Å². The van der Waals surface area contributed by atoms with Crippen LogP contribution in [-0.2, 0) is 0 Å². The van der Waals surface area contributed by atoms with Crippen molar-refractivity contribution in [2.24, 2.45) is 0 Å². The van der Waals surface area contributed by atoms with E-state index in [1.165, 1.54) is 18.2 Å². The van der Waals surface area contributed by atoms with Gasteiger partial charge in [0.1, 0.15) is 0 Å². The van der Waals surface area contributed by atoms with Crippen molar-refractivity contribution in [2.45, 2.75) is 59.7 Å². The fourth-order valence-corrected chi connectivity index (χ4v) is 3.11. The smallest absolute Gasteiger partial charge is 0.0465 e. The second-order valence-electron chi connectivity index (χ2n) is 4.85. The molecule has 0 aliphatic heterocycles. The zero-order valence-corrected chi connectivity index (χ0v) is 12.2. The van der Waals surface area contributed by atoms with Gasteiger partial charge in [0.2, 0.25) is 0 Å². The summed E-state index contributed by atoms with van der Waals surface area (Å²) in [7, 11) is 0.0534. The van der Waals surface area contributed by atoms with Gasteiger partial charge in [0.25, 0.3) is 0 Å². The van der Waals surface area contributed by atoms with Gasteiger partial charge < -0.3 is 0 Å². The van der Waals surface area contributed by atoms with E-state index in [1.54, 1.807) is 0 Å². The quantitative estimate of drug-likeness (QED) is 0.484. The molecule has 0 aromatic carbocycles. The van der Waals surface area contributed by atoms with E-state index in [9.17, 15) is 0 Å². The molecule has 0 atom stereocenters. The maximum absolute atomic E-state index is 2.59. The summed E-state index contributed by atoms with van der Waals surface area (Å²) in [5.41, 5.74) is 3.97. The van der Waals surface area contributed by atoms with Crippen LogP contribution in [0.1, 0.15) is 41.5 Å². The van der Waals surface area contributed by atoms with Gasteiger partial charge in [0.15, 0.2) is 0 Å². The number of allylic oxidation sites excluding steroid dienone is 1. The summed E-state index contributed by atoms with van der Waals surface area (Å²) in [6.45, 7) is 14.9. The monoisotopic (exact) mass is 213 g/mol. The number of rotatable bonds is 6. The molecule has 0 rings (SSSR count). The van der Waals surface area contributed by atoms with Gasteiger partial charge >= 0.3 is 0 Å². The van der Waals surface area contributed by atoms with Crippen molar-refractivity contribution in [2.75, 3.05) is 6.54 Å². The molecule has 0 radical (unpaired) electrons. The lowest BCUT2D eigenvalue weighted by Gasteiger charge is -2.30. The normalized spacial score (nSPS) is 12.4. The molecular weight excluding hydrogens is 186 g/mol. The minimum absolute atomic E-state index is 0.0534. The number of nitrogens with zero attached hydrogens (tertiary/aromatic N) is 1. The van der Waals surface area contributed by atoms with Crippen LogP contribution in [0.15, 0.2) is 11.3 Å². The molecule has 84 valence electrons. The maximum atomic E-state index is 2.59. The minimum Gasteiger partial charge on any atom is -0.299 e. The molecule has 0 N–H and O–H groups in total.